The number of piperidine rings is 1. The zero-order valence-corrected chi connectivity index (χ0v) is 8.00. The first-order chi connectivity index (χ1) is 6.16. The molecule has 13 heavy (non-hydrogen) atoms. The maximum atomic E-state index is 11.3. The summed E-state index contributed by atoms with van der Waals surface area (Å²) in [6.45, 7) is 4.63. The van der Waals surface area contributed by atoms with Crippen LogP contribution >= 0.6 is 0 Å². The summed E-state index contributed by atoms with van der Waals surface area (Å²) in [5, 5.41) is 2.66. The second kappa shape index (κ2) is 4.25. The number of amides is 1. The molecule has 0 aliphatic carbocycles. The van der Waals surface area contributed by atoms with Gasteiger partial charge in [0.05, 0.1) is 6.61 Å². The Morgan fingerprint density at radius 3 is 2.92 bits per heavy atom. The Kier molecular flexibility index (Phi) is 3.28. The van der Waals surface area contributed by atoms with Crippen molar-refractivity contribution >= 4 is 11.9 Å². The van der Waals surface area contributed by atoms with Gasteiger partial charge in [-0.25, -0.2) is 0 Å². The molecule has 4 nitrogen and oxygen atoms in total. The summed E-state index contributed by atoms with van der Waals surface area (Å²) >= 11 is 0. The van der Waals surface area contributed by atoms with Crippen molar-refractivity contribution in [1.82, 2.24) is 5.32 Å². The molecule has 0 unspecified atom stereocenters. The molecule has 1 fully saturated rings. The minimum atomic E-state index is -0.603. The number of esters is 1. The van der Waals surface area contributed by atoms with E-state index in [9.17, 15) is 9.59 Å². The second-order valence-corrected chi connectivity index (χ2v) is 3.29. The van der Waals surface area contributed by atoms with Crippen LogP contribution in [0.2, 0.25) is 0 Å². The third kappa shape index (κ3) is 2.20. The Hall–Kier alpha value is -1.06. The van der Waals surface area contributed by atoms with Crippen molar-refractivity contribution in [3.05, 3.63) is 0 Å². The molecule has 1 N–H and O–H groups in total. The molecule has 0 saturated carbocycles. The van der Waals surface area contributed by atoms with Gasteiger partial charge in [0.15, 0.2) is 0 Å². The van der Waals surface area contributed by atoms with Crippen LogP contribution in [-0.2, 0) is 14.3 Å². The second-order valence-electron chi connectivity index (χ2n) is 3.29. The van der Waals surface area contributed by atoms with E-state index in [1.165, 1.54) is 0 Å². The van der Waals surface area contributed by atoms with Gasteiger partial charge >= 0.3 is 5.97 Å². The Labute approximate surface area is 77.6 Å². The lowest BCUT2D eigenvalue weighted by atomic mass is 9.87. The van der Waals surface area contributed by atoms with E-state index in [4.69, 9.17) is 4.74 Å². The topological polar surface area (TPSA) is 55.4 Å². The summed E-state index contributed by atoms with van der Waals surface area (Å²) in [5.74, 6) is -1.11. The third-order valence-corrected chi connectivity index (χ3v) is 2.29. The van der Waals surface area contributed by atoms with E-state index in [2.05, 4.69) is 5.32 Å². The van der Waals surface area contributed by atoms with Crippen LogP contribution in [0.3, 0.4) is 0 Å². The number of carbonyl (C=O) groups is 2. The lowest BCUT2D eigenvalue weighted by Gasteiger charge is -2.26. The highest BCUT2D eigenvalue weighted by molar-refractivity contribution is 5.98. The molecule has 0 aromatic heterocycles. The molecule has 1 saturated heterocycles. The van der Waals surface area contributed by atoms with Crippen molar-refractivity contribution in [2.45, 2.75) is 20.3 Å². The number of rotatable bonds is 2. The molecule has 1 aliphatic rings. The molecule has 2 atom stereocenters. The van der Waals surface area contributed by atoms with Crippen molar-refractivity contribution < 1.29 is 14.3 Å². The smallest absolute Gasteiger partial charge is 0.318 e. The summed E-state index contributed by atoms with van der Waals surface area (Å²) in [5.41, 5.74) is 0. The molecule has 1 rings (SSSR count). The zero-order chi connectivity index (χ0) is 9.84. The van der Waals surface area contributed by atoms with Crippen LogP contribution in [0, 0.1) is 11.8 Å². The van der Waals surface area contributed by atoms with Gasteiger partial charge < -0.3 is 10.1 Å². The number of hydrogen-bond donors (Lipinski definition) is 1. The SMILES string of the molecule is CCOC(=O)[C@H]1C(=O)NCC[C@H]1C. The maximum Gasteiger partial charge on any atom is 0.318 e. The van der Waals surface area contributed by atoms with Crippen molar-refractivity contribution in [2.24, 2.45) is 11.8 Å². The van der Waals surface area contributed by atoms with E-state index in [0.717, 1.165) is 6.42 Å². The van der Waals surface area contributed by atoms with Gasteiger partial charge in [-0.15, -0.1) is 0 Å². The molecule has 1 aliphatic heterocycles. The molecule has 1 amide bonds. The molecular formula is C9H15NO3. The van der Waals surface area contributed by atoms with Crippen LogP contribution in [0.4, 0.5) is 0 Å². The molecule has 0 bridgehead atoms. The van der Waals surface area contributed by atoms with E-state index in [1.807, 2.05) is 6.92 Å². The Bertz CT molecular complexity index is 215. The van der Waals surface area contributed by atoms with Crippen LogP contribution in [0.15, 0.2) is 0 Å². The van der Waals surface area contributed by atoms with E-state index in [1.54, 1.807) is 6.92 Å². The Balaban J connectivity index is 2.62. The average molecular weight is 185 g/mol. The molecule has 0 aromatic rings. The van der Waals surface area contributed by atoms with Crippen LogP contribution < -0.4 is 5.32 Å². The summed E-state index contributed by atoms with van der Waals surface area (Å²) in [6, 6.07) is 0. The molecule has 74 valence electrons. The lowest BCUT2D eigenvalue weighted by Crippen LogP contribution is -2.45. The minimum Gasteiger partial charge on any atom is -0.465 e. The van der Waals surface area contributed by atoms with Gasteiger partial charge in [0.1, 0.15) is 5.92 Å². The lowest BCUT2D eigenvalue weighted by molar-refractivity contribution is -0.155. The molecule has 0 spiro atoms. The van der Waals surface area contributed by atoms with E-state index >= 15 is 0 Å². The van der Waals surface area contributed by atoms with Crippen LogP contribution in [-0.4, -0.2) is 25.0 Å². The summed E-state index contributed by atoms with van der Waals surface area (Å²) in [7, 11) is 0. The van der Waals surface area contributed by atoms with Crippen molar-refractivity contribution in [2.75, 3.05) is 13.2 Å². The third-order valence-electron chi connectivity index (χ3n) is 2.29. The number of carbonyl (C=O) groups excluding carboxylic acids is 2. The largest absolute Gasteiger partial charge is 0.465 e. The van der Waals surface area contributed by atoms with Crippen LogP contribution in [0.25, 0.3) is 0 Å². The van der Waals surface area contributed by atoms with Crippen molar-refractivity contribution in [3.8, 4) is 0 Å². The number of nitrogens with one attached hydrogen (secondary N) is 1. The molecule has 1 heterocycles. The quantitative estimate of drug-likeness (QED) is 0.498. The molecule has 0 aromatic carbocycles. The molecule has 4 heteroatoms. The summed E-state index contributed by atoms with van der Waals surface area (Å²) < 4.78 is 4.82. The first-order valence-electron chi connectivity index (χ1n) is 4.61. The van der Waals surface area contributed by atoms with E-state index < -0.39 is 11.9 Å². The zero-order valence-electron chi connectivity index (χ0n) is 8.00. The van der Waals surface area contributed by atoms with Gasteiger partial charge in [-0.3, -0.25) is 9.59 Å². The van der Waals surface area contributed by atoms with Crippen LogP contribution in [0.5, 0.6) is 0 Å². The van der Waals surface area contributed by atoms with Gasteiger partial charge in [-0.1, -0.05) is 6.92 Å². The maximum absolute atomic E-state index is 11.3. The fraction of sp³-hybridized carbons (Fsp3) is 0.778. The van der Waals surface area contributed by atoms with E-state index in [-0.39, 0.29) is 11.8 Å². The fourth-order valence-corrected chi connectivity index (χ4v) is 1.53. The van der Waals surface area contributed by atoms with Gasteiger partial charge in [-0.2, -0.15) is 0 Å². The Morgan fingerprint density at radius 2 is 2.38 bits per heavy atom. The predicted molar refractivity (Wildman–Crippen MR) is 46.9 cm³/mol. The van der Waals surface area contributed by atoms with Crippen molar-refractivity contribution in [1.29, 1.82) is 0 Å². The highest BCUT2D eigenvalue weighted by Gasteiger charge is 2.35. The first kappa shape index (κ1) is 10.0. The average Bonchev–Trinajstić information content (AvgIpc) is 2.04. The Morgan fingerprint density at radius 1 is 1.69 bits per heavy atom. The highest BCUT2D eigenvalue weighted by Crippen LogP contribution is 2.20. The van der Waals surface area contributed by atoms with Crippen molar-refractivity contribution in [3.63, 3.8) is 0 Å². The summed E-state index contributed by atoms with van der Waals surface area (Å²) in [6.07, 6.45) is 0.842. The predicted octanol–water partition coefficient (Wildman–Crippen LogP) is 0.322. The van der Waals surface area contributed by atoms with Gasteiger partial charge in [0, 0.05) is 6.54 Å². The molecule has 0 radical (unpaired) electrons. The fourth-order valence-electron chi connectivity index (χ4n) is 1.53. The van der Waals surface area contributed by atoms with Gasteiger partial charge in [-0.05, 0) is 19.3 Å². The van der Waals surface area contributed by atoms with Gasteiger partial charge in [0.2, 0.25) is 5.91 Å². The van der Waals surface area contributed by atoms with E-state index in [0.29, 0.717) is 13.2 Å². The van der Waals surface area contributed by atoms with Crippen LogP contribution in [0.1, 0.15) is 20.3 Å². The van der Waals surface area contributed by atoms with Gasteiger partial charge in [0.25, 0.3) is 0 Å². The number of hydrogen-bond acceptors (Lipinski definition) is 3. The summed E-state index contributed by atoms with van der Waals surface area (Å²) in [4.78, 5) is 22.6. The first-order valence-corrected chi connectivity index (χ1v) is 4.61. The monoisotopic (exact) mass is 185 g/mol. The number of ether oxygens (including phenoxy) is 1. The standard InChI is InChI=1S/C9H15NO3/c1-3-13-9(12)7-6(2)4-5-10-8(7)11/h6-7H,3-5H2,1-2H3,(H,10,11)/t6-,7-/m1/s1. The minimum absolute atomic E-state index is 0.0906. The molecular weight excluding hydrogens is 170 g/mol. The highest BCUT2D eigenvalue weighted by atomic mass is 16.5. The normalized spacial score (nSPS) is 28.0.